The van der Waals surface area contributed by atoms with Crippen molar-refractivity contribution in [2.45, 2.75) is 39.3 Å². The first-order chi connectivity index (χ1) is 16.1. The zero-order valence-corrected chi connectivity index (χ0v) is 21.2. The number of ether oxygens (including phenoxy) is 3. The van der Waals surface area contributed by atoms with Crippen molar-refractivity contribution >= 4 is 41.2 Å². The Balaban J connectivity index is 2.04. The summed E-state index contributed by atoms with van der Waals surface area (Å²) in [4.78, 5) is 25.5. The van der Waals surface area contributed by atoms with Crippen molar-refractivity contribution in [2.24, 2.45) is 11.0 Å². The lowest BCUT2D eigenvalue weighted by Gasteiger charge is -2.22. The summed E-state index contributed by atoms with van der Waals surface area (Å²) in [6.07, 6.45) is 0.972. The Morgan fingerprint density at radius 1 is 1.00 bits per heavy atom. The fourth-order valence-corrected chi connectivity index (χ4v) is 3.43. The summed E-state index contributed by atoms with van der Waals surface area (Å²) in [7, 11) is 3.08. The van der Waals surface area contributed by atoms with Crippen LogP contribution in [0.4, 0.5) is 0 Å². The first kappa shape index (κ1) is 27.3. The molecule has 2 amide bonds. The lowest BCUT2D eigenvalue weighted by Crippen LogP contribution is -2.49. The van der Waals surface area contributed by atoms with Crippen LogP contribution in [0.5, 0.6) is 17.2 Å². The summed E-state index contributed by atoms with van der Waals surface area (Å²) < 4.78 is 16.1. The Morgan fingerprint density at radius 2 is 1.74 bits per heavy atom. The smallest absolute Gasteiger partial charge is 0.262 e. The van der Waals surface area contributed by atoms with Gasteiger partial charge in [0.15, 0.2) is 6.10 Å². The average Bonchev–Trinajstić information content (AvgIpc) is 2.79. The van der Waals surface area contributed by atoms with E-state index in [1.54, 1.807) is 44.4 Å². The minimum absolute atomic E-state index is 0.142. The van der Waals surface area contributed by atoms with Crippen molar-refractivity contribution in [1.82, 2.24) is 10.7 Å². The fraction of sp³-hybridized carbons (Fsp3) is 0.375. The van der Waals surface area contributed by atoms with Gasteiger partial charge in [-0.3, -0.25) is 9.59 Å². The van der Waals surface area contributed by atoms with Crippen LogP contribution in [-0.4, -0.2) is 44.4 Å². The molecule has 0 aromatic heterocycles. The van der Waals surface area contributed by atoms with Gasteiger partial charge in [0.1, 0.15) is 23.3 Å². The van der Waals surface area contributed by atoms with Gasteiger partial charge in [-0.05, 0) is 49.6 Å². The van der Waals surface area contributed by atoms with Crippen LogP contribution in [0.1, 0.15) is 32.8 Å². The SMILES string of the molecule is COc1ccc(/C=N\NC(=O)[C@H](CC(C)C)NC(=O)[C@H](C)Oc2ccc(Cl)cc2Cl)c(OC)c1. The third-order valence-corrected chi connectivity index (χ3v) is 5.26. The highest BCUT2D eigenvalue weighted by Gasteiger charge is 2.25. The molecular formula is C24H29Cl2N3O5. The van der Waals surface area contributed by atoms with Crippen LogP contribution < -0.4 is 25.0 Å². The number of hydrogen-bond acceptors (Lipinski definition) is 6. The molecule has 0 unspecified atom stereocenters. The summed E-state index contributed by atoms with van der Waals surface area (Å²) in [5, 5.41) is 7.48. The molecule has 0 saturated carbocycles. The quantitative estimate of drug-likeness (QED) is 0.344. The van der Waals surface area contributed by atoms with Crippen LogP contribution in [0, 0.1) is 5.92 Å². The lowest BCUT2D eigenvalue weighted by atomic mass is 10.0. The van der Waals surface area contributed by atoms with Crippen molar-refractivity contribution in [2.75, 3.05) is 14.2 Å². The van der Waals surface area contributed by atoms with E-state index in [0.29, 0.717) is 34.3 Å². The van der Waals surface area contributed by atoms with E-state index in [1.165, 1.54) is 19.4 Å². The molecule has 0 bridgehead atoms. The van der Waals surface area contributed by atoms with Crippen LogP contribution in [-0.2, 0) is 9.59 Å². The number of carbonyl (C=O) groups is 2. The second kappa shape index (κ2) is 13.1. The van der Waals surface area contributed by atoms with Gasteiger partial charge in [-0.2, -0.15) is 5.10 Å². The predicted molar refractivity (Wildman–Crippen MR) is 133 cm³/mol. The molecule has 10 heteroatoms. The summed E-state index contributed by atoms with van der Waals surface area (Å²) in [6.45, 7) is 5.47. The largest absolute Gasteiger partial charge is 0.497 e. The van der Waals surface area contributed by atoms with Crippen molar-refractivity contribution in [3.63, 3.8) is 0 Å². The van der Waals surface area contributed by atoms with Gasteiger partial charge < -0.3 is 19.5 Å². The van der Waals surface area contributed by atoms with Gasteiger partial charge in [0.2, 0.25) is 0 Å². The van der Waals surface area contributed by atoms with Crippen LogP contribution in [0.15, 0.2) is 41.5 Å². The molecule has 0 radical (unpaired) electrons. The van der Waals surface area contributed by atoms with Crippen molar-refractivity contribution in [3.8, 4) is 17.2 Å². The van der Waals surface area contributed by atoms with E-state index in [2.05, 4.69) is 15.8 Å². The van der Waals surface area contributed by atoms with Crippen LogP contribution in [0.25, 0.3) is 0 Å². The number of nitrogens with zero attached hydrogens (tertiary/aromatic N) is 1. The van der Waals surface area contributed by atoms with E-state index in [0.717, 1.165) is 0 Å². The van der Waals surface area contributed by atoms with E-state index in [9.17, 15) is 9.59 Å². The highest BCUT2D eigenvalue weighted by Crippen LogP contribution is 2.28. The molecule has 0 aliphatic rings. The number of nitrogens with one attached hydrogen (secondary N) is 2. The number of benzene rings is 2. The van der Waals surface area contributed by atoms with Gasteiger partial charge in [0.05, 0.1) is 25.5 Å². The molecule has 8 nitrogen and oxygen atoms in total. The zero-order chi connectivity index (χ0) is 25.3. The Hall–Kier alpha value is -2.97. The maximum absolute atomic E-state index is 12.8. The van der Waals surface area contributed by atoms with E-state index in [1.807, 2.05) is 13.8 Å². The van der Waals surface area contributed by atoms with E-state index in [-0.39, 0.29) is 10.9 Å². The molecule has 2 rings (SSSR count). The molecular weight excluding hydrogens is 481 g/mol. The third kappa shape index (κ3) is 8.11. The second-order valence-corrected chi connectivity index (χ2v) is 8.71. The van der Waals surface area contributed by atoms with E-state index in [4.69, 9.17) is 37.4 Å². The minimum Gasteiger partial charge on any atom is -0.497 e. The number of carbonyl (C=O) groups excluding carboxylic acids is 2. The summed E-state index contributed by atoms with van der Waals surface area (Å²) in [5.74, 6) is 0.709. The van der Waals surface area contributed by atoms with Crippen LogP contribution in [0.2, 0.25) is 10.0 Å². The van der Waals surface area contributed by atoms with Gasteiger partial charge in [-0.15, -0.1) is 0 Å². The maximum Gasteiger partial charge on any atom is 0.262 e. The van der Waals surface area contributed by atoms with Crippen molar-refractivity contribution in [1.29, 1.82) is 0 Å². The molecule has 2 aromatic rings. The molecule has 0 aliphatic heterocycles. The zero-order valence-electron chi connectivity index (χ0n) is 19.7. The van der Waals surface area contributed by atoms with E-state index >= 15 is 0 Å². The lowest BCUT2D eigenvalue weighted by molar-refractivity contribution is -0.132. The summed E-state index contributed by atoms with van der Waals surface area (Å²) in [6, 6.07) is 9.11. The first-order valence-corrected chi connectivity index (χ1v) is 11.4. The highest BCUT2D eigenvalue weighted by atomic mass is 35.5. The van der Waals surface area contributed by atoms with Gasteiger partial charge >= 0.3 is 0 Å². The molecule has 0 fully saturated rings. The second-order valence-electron chi connectivity index (χ2n) is 7.87. The Labute approximate surface area is 209 Å². The van der Waals surface area contributed by atoms with Gasteiger partial charge in [0.25, 0.3) is 11.8 Å². The standard InChI is InChI=1S/C24H29Cl2N3O5/c1-14(2)10-20(28-23(30)15(3)34-21-9-7-17(25)11-19(21)26)24(31)29-27-13-16-6-8-18(32-4)12-22(16)33-5/h6-9,11-15,20H,10H2,1-5H3,(H,28,30)(H,29,31)/b27-13-/t15-,20-/m0/s1. The first-order valence-electron chi connectivity index (χ1n) is 10.6. The van der Waals surface area contributed by atoms with Gasteiger partial charge in [-0.25, -0.2) is 5.43 Å². The van der Waals surface area contributed by atoms with Crippen LogP contribution in [0.3, 0.4) is 0 Å². The molecule has 184 valence electrons. The molecule has 0 saturated heterocycles. The predicted octanol–water partition coefficient (Wildman–Crippen LogP) is 4.46. The van der Waals surface area contributed by atoms with Gasteiger partial charge in [0, 0.05) is 16.7 Å². The molecule has 2 aromatic carbocycles. The van der Waals surface area contributed by atoms with E-state index < -0.39 is 24.0 Å². The molecule has 0 aliphatic carbocycles. The number of halogens is 2. The molecule has 0 spiro atoms. The Morgan fingerprint density at radius 3 is 2.35 bits per heavy atom. The van der Waals surface area contributed by atoms with Crippen molar-refractivity contribution < 1.29 is 23.8 Å². The summed E-state index contributed by atoms with van der Waals surface area (Å²) >= 11 is 12.0. The number of hydrazone groups is 1. The summed E-state index contributed by atoms with van der Waals surface area (Å²) in [5.41, 5.74) is 3.13. The number of amides is 2. The monoisotopic (exact) mass is 509 g/mol. The fourth-order valence-electron chi connectivity index (χ4n) is 2.98. The number of hydrogen-bond donors (Lipinski definition) is 2. The molecule has 2 N–H and O–H groups in total. The highest BCUT2D eigenvalue weighted by molar-refractivity contribution is 6.35. The maximum atomic E-state index is 12.8. The topological polar surface area (TPSA) is 98.2 Å². The third-order valence-electron chi connectivity index (χ3n) is 4.73. The van der Waals surface area contributed by atoms with Crippen molar-refractivity contribution in [3.05, 3.63) is 52.0 Å². The molecule has 0 heterocycles. The van der Waals surface area contributed by atoms with Gasteiger partial charge in [-0.1, -0.05) is 37.0 Å². The normalized spacial score (nSPS) is 12.8. The average molecular weight is 510 g/mol. The molecule has 34 heavy (non-hydrogen) atoms. The number of rotatable bonds is 11. The Kier molecular flexibility index (Phi) is 10.5. The minimum atomic E-state index is -0.895. The number of methoxy groups -OCH3 is 2. The molecule has 2 atom stereocenters. The van der Waals surface area contributed by atoms with Crippen LogP contribution >= 0.6 is 23.2 Å². The Bertz CT molecular complexity index is 1030.